The third-order valence-corrected chi connectivity index (χ3v) is 5.70. The lowest BCUT2D eigenvalue weighted by Gasteiger charge is -2.24. The molecule has 1 aromatic carbocycles. The van der Waals surface area contributed by atoms with Gasteiger partial charge < -0.3 is 0 Å². The van der Waals surface area contributed by atoms with Crippen LogP contribution in [0.4, 0.5) is 17.6 Å². The van der Waals surface area contributed by atoms with E-state index in [4.69, 9.17) is 0 Å². The lowest BCUT2D eigenvalue weighted by atomic mass is 9.95. The molecule has 1 fully saturated rings. The van der Waals surface area contributed by atoms with Crippen molar-refractivity contribution in [3.63, 3.8) is 0 Å². The largest absolute Gasteiger partial charge is 0.282 e. The van der Waals surface area contributed by atoms with Gasteiger partial charge in [0.05, 0.1) is 11.7 Å². The molecule has 0 radical (unpaired) electrons. The zero-order valence-corrected chi connectivity index (χ0v) is 14.9. The van der Waals surface area contributed by atoms with Crippen LogP contribution in [0.5, 0.6) is 0 Å². The fourth-order valence-corrected chi connectivity index (χ4v) is 4.23. The molecule has 142 valence electrons. The molecule has 3 rings (SSSR count). The molecule has 2 aromatic rings. The van der Waals surface area contributed by atoms with Crippen LogP contribution in [-0.4, -0.2) is 24.5 Å². The second kappa shape index (κ2) is 7.02. The van der Waals surface area contributed by atoms with Gasteiger partial charge in [0.2, 0.25) is 0 Å². The van der Waals surface area contributed by atoms with Gasteiger partial charge in [-0.05, 0) is 31.0 Å². The first-order valence-corrected chi connectivity index (χ1v) is 10.1. The lowest BCUT2D eigenvalue weighted by Crippen LogP contribution is -2.15. The highest BCUT2D eigenvalue weighted by Gasteiger charge is 2.26. The van der Waals surface area contributed by atoms with Gasteiger partial charge in [0.15, 0.2) is 9.84 Å². The van der Waals surface area contributed by atoms with Crippen molar-refractivity contribution in [1.82, 2.24) is 9.78 Å². The molecule has 0 saturated heterocycles. The minimum atomic E-state index is -4.09. The van der Waals surface area contributed by atoms with Crippen molar-refractivity contribution in [2.45, 2.75) is 49.5 Å². The molecule has 9 heteroatoms. The van der Waals surface area contributed by atoms with E-state index in [1.807, 2.05) is 0 Å². The van der Waals surface area contributed by atoms with Crippen molar-refractivity contribution in [2.75, 3.05) is 6.26 Å². The first kappa shape index (κ1) is 18.9. The summed E-state index contributed by atoms with van der Waals surface area (Å²) < 4.78 is 79.2. The second-order valence-corrected chi connectivity index (χ2v) is 8.49. The van der Waals surface area contributed by atoms with E-state index in [-0.39, 0.29) is 17.3 Å². The Bertz CT molecular complexity index is 896. The van der Waals surface area contributed by atoms with Crippen LogP contribution in [0.1, 0.15) is 50.3 Å². The maximum Gasteiger partial charge on any atom is 0.282 e. The van der Waals surface area contributed by atoms with Crippen molar-refractivity contribution >= 4 is 9.84 Å². The van der Waals surface area contributed by atoms with Gasteiger partial charge in [0.1, 0.15) is 22.2 Å². The molecule has 0 bridgehead atoms. The normalized spacial score (nSPS) is 16.4. The lowest BCUT2D eigenvalue weighted by molar-refractivity contribution is 0.144. The van der Waals surface area contributed by atoms with Crippen molar-refractivity contribution in [3.8, 4) is 11.3 Å². The van der Waals surface area contributed by atoms with Crippen LogP contribution < -0.4 is 0 Å². The summed E-state index contributed by atoms with van der Waals surface area (Å²) in [4.78, 5) is -1.03. The average molecular weight is 390 g/mol. The van der Waals surface area contributed by atoms with E-state index in [1.54, 1.807) is 0 Å². The van der Waals surface area contributed by atoms with Crippen LogP contribution >= 0.6 is 0 Å². The number of sulfone groups is 1. The van der Waals surface area contributed by atoms with E-state index < -0.39 is 38.5 Å². The molecule has 1 aromatic heterocycles. The summed E-state index contributed by atoms with van der Waals surface area (Å²) in [6.45, 7) is 0. The third kappa shape index (κ3) is 3.62. The minimum Gasteiger partial charge on any atom is -0.261 e. The summed E-state index contributed by atoms with van der Waals surface area (Å²) in [6, 6.07) is 2.68. The Morgan fingerprint density at radius 3 is 2.15 bits per heavy atom. The number of hydrogen-bond donors (Lipinski definition) is 0. The van der Waals surface area contributed by atoms with Gasteiger partial charge in [0.25, 0.3) is 6.43 Å². The van der Waals surface area contributed by atoms with Gasteiger partial charge in [-0.25, -0.2) is 26.0 Å². The standard InChI is InChI=1S/C17H18F4N2O2S/c1-26(24,25)16-12(18)7-10(8-13(16)19)15-9-14(17(20)21)22-23(15)11-5-3-2-4-6-11/h7-9,11,17H,2-6H2,1H3. The molecular weight excluding hydrogens is 372 g/mol. The molecule has 1 aliphatic carbocycles. The van der Waals surface area contributed by atoms with Gasteiger partial charge in [-0.15, -0.1) is 0 Å². The quantitative estimate of drug-likeness (QED) is 0.713. The first-order valence-electron chi connectivity index (χ1n) is 8.25. The smallest absolute Gasteiger partial charge is 0.261 e. The van der Waals surface area contributed by atoms with Crippen LogP contribution in [-0.2, 0) is 9.84 Å². The molecule has 1 saturated carbocycles. The number of alkyl halides is 2. The summed E-state index contributed by atoms with van der Waals surface area (Å²) in [5.41, 5.74) is -0.332. The zero-order valence-electron chi connectivity index (χ0n) is 14.1. The van der Waals surface area contributed by atoms with Crippen molar-refractivity contribution in [2.24, 2.45) is 0 Å². The minimum absolute atomic E-state index is 0.0163. The SMILES string of the molecule is CS(=O)(=O)c1c(F)cc(-c2cc(C(F)F)nn2C2CCCCC2)cc1F. The highest BCUT2D eigenvalue weighted by atomic mass is 32.2. The molecule has 1 heterocycles. The van der Waals surface area contributed by atoms with E-state index in [2.05, 4.69) is 5.10 Å². The van der Waals surface area contributed by atoms with Crippen LogP contribution in [0.25, 0.3) is 11.3 Å². The predicted octanol–water partition coefficient (Wildman–Crippen LogP) is 4.67. The monoisotopic (exact) mass is 390 g/mol. The van der Waals surface area contributed by atoms with Gasteiger partial charge >= 0.3 is 0 Å². The summed E-state index contributed by atoms with van der Waals surface area (Å²) in [7, 11) is -4.09. The number of hydrogen-bond acceptors (Lipinski definition) is 3. The average Bonchev–Trinajstić information content (AvgIpc) is 2.99. The summed E-state index contributed by atoms with van der Waals surface area (Å²) >= 11 is 0. The summed E-state index contributed by atoms with van der Waals surface area (Å²) in [5, 5.41) is 3.94. The number of rotatable bonds is 4. The topological polar surface area (TPSA) is 52.0 Å². The molecule has 0 aliphatic heterocycles. The number of nitrogens with zero attached hydrogens (tertiary/aromatic N) is 2. The van der Waals surface area contributed by atoms with Gasteiger partial charge in [-0.3, -0.25) is 4.68 Å². The van der Waals surface area contributed by atoms with E-state index in [1.165, 1.54) is 4.68 Å². The van der Waals surface area contributed by atoms with Crippen molar-refractivity contribution in [3.05, 3.63) is 35.5 Å². The van der Waals surface area contributed by atoms with E-state index in [0.29, 0.717) is 6.26 Å². The number of benzene rings is 1. The number of aromatic nitrogens is 2. The maximum atomic E-state index is 14.2. The first-order chi connectivity index (χ1) is 12.2. The van der Waals surface area contributed by atoms with Crippen LogP contribution in [0.3, 0.4) is 0 Å². The van der Waals surface area contributed by atoms with Crippen molar-refractivity contribution in [1.29, 1.82) is 0 Å². The summed E-state index contributed by atoms with van der Waals surface area (Å²) in [6.07, 6.45) is 2.25. The maximum absolute atomic E-state index is 14.2. The van der Waals surface area contributed by atoms with E-state index in [0.717, 1.165) is 50.3 Å². The fourth-order valence-electron chi connectivity index (χ4n) is 3.40. The highest BCUT2D eigenvalue weighted by Crippen LogP contribution is 2.35. The van der Waals surface area contributed by atoms with Gasteiger partial charge in [0, 0.05) is 11.8 Å². The van der Waals surface area contributed by atoms with Crippen LogP contribution in [0.2, 0.25) is 0 Å². The molecule has 0 spiro atoms. The van der Waals surface area contributed by atoms with Crippen LogP contribution in [0, 0.1) is 11.6 Å². The van der Waals surface area contributed by atoms with E-state index in [9.17, 15) is 26.0 Å². The Balaban J connectivity index is 2.14. The Hall–Kier alpha value is -1.90. The molecule has 0 atom stereocenters. The van der Waals surface area contributed by atoms with Gasteiger partial charge in [-0.2, -0.15) is 5.10 Å². The van der Waals surface area contributed by atoms with Gasteiger partial charge in [-0.1, -0.05) is 19.3 Å². The number of halogens is 4. The molecular formula is C17H18F4N2O2S. The Morgan fingerprint density at radius 2 is 1.65 bits per heavy atom. The van der Waals surface area contributed by atoms with E-state index >= 15 is 0 Å². The molecule has 4 nitrogen and oxygen atoms in total. The van der Waals surface area contributed by atoms with Crippen molar-refractivity contribution < 1.29 is 26.0 Å². The molecule has 0 N–H and O–H groups in total. The Kier molecular flexibility index (Phi) is 5.09. The Labute approximate surface area is 148 Å². The molecule has 1 aliphatic rings. The third-order valence-electron chi connectivity index (χ3n) is 4.56. The predicted molar refractivity (Wildman–Crippen MR) is 87.8 cm³/mol. The summed E-state index contributed by atoms with van der Waals surface area (Å²) in [5.74, 6) is -2.50. The fraction of sp³-hybridized carbons (Fsp3) is 0.471. The highest BCUT2D eigenvalue weighted by molar-refractivity contribution is 7.90. The second-order valence-electron chi connectivity index (χ2n) is 6.53. The van der Waals surface area contributed by atoms with Crippen LogP contribution in [0.15, 0.2) is 23.1 Å². The molecule has 0 amide bonds. The molecule has 0 unspecified atom stereocenters. The zero-order chi connectivity index (χ0) is 19.1. The Morgan fingerprint density at radius 1 is 1.08 bits per heavy atom. The molecule has 26 heavy (non-hydrogen) atoms.